The number of hydrogen-bond donors (Lipinski definition) is 0. The van der Waals surface area contributed by atoms with Crippen molar-refractivity contribution >= 4 is 17.9 Å². The van der Waals surface area contributed by atoms with E-state index in [1.807, 2.05) is 0 Å². The summed E-state index contributed by atoms with van der Waals surface area (Å²) in [5, 5.41) is 0. The van der Waals surface area contributed by atoms with E-state index in [9.17, 15) is 14.4 Å². The second-order valence-electron chi connectivity index (χ2n) is 18.5. The maximum absolute atomic E-state index is 12.8. The lowest BCUT2D eigenvalue weighted by molar-refractivity contribution is -0.167. The van der Waals surface area contributed by atoms with Crippen molar-refractivity contribution in [2.24, 2.45) is 0 Å². The standard InChI is InChI=1S/C61H104O6/c1-4-7-10-13-16-19-22-25-28-29-30-31-34-37-40-43-46-49-52-55-61(64)67-58(56-65-59(62)53-50-47-44-41-38-35-32-26-23-20-17-14-11-8-5-2)57-66-60(63)54-51-48-45-42-39-36-33-27-24-21-18-15-12-9-6-3/h16-17,19-20,25-28,30-33,37,40,58H,4-15,18,21-24,29,34-36,38-39,41-57H2,1-3H3/b19-16-,20-17-,28-25-,31-30-,32-26-,33-27-,40-37-/t58-/m1/s1. The number of carbonyl (C=O) groups excluding carboxylic acids is 3. The SMILES string of the molecule is CCCCC/C=C\C/C=C\C/C=C\C/C=C\CCCCCC(=O)O[C@H](COC(=O)CCCCCCC/C=C\C/C=C\CCCCC)COC(=O)CCCCCCC/C=C\CCCCCCCC. The molecule has 0 saturated heterocycles. The van der Waals surface area contributed by atoms with E-state index in [4.69, 9.17) is 14.2 Å². The molecule has 0 unspecified atom stereocenters. The molecule has 0 fully saturated rings. The second kappa shape index (κ2) is 55.2. The maximum Gasteiger partial charge on any atom is 0.306 e. The highest BCUT2D eigenvalue weighted by atomic mass is 16.6. The molecule has 0 aromatic rings. The van der Waals surface area contributed by atoms with Crippen LogP contribution in [-0.2, 0) is 28.6 Å². The fourth-order valence-electron chi connectivity index (χ4n) is 7.57. The number of unbranched alkanes of at least 4 members (excludes halogenated alkanes) is 25. The monoisotopic (exact) mass is 933 g/mol. The van der Waals surface area contributed by atoms with E-state index in [2.05, 4.69) is 106 Å². The minimum atomic E-state index is -0.803. The molecule has 0 aliphatic rings. The molecule has 0 heterocycles. The van der Waals surface area contributed by atoms with Gasteiger partial charge in [0.2, 0.25) is 0 Å². The molecule has 0 aliphatic heterocycles. The first kappa shape index (κ1) is 63.6. The van der Waals surface area contributed by atoms with Crippen LogP contribution in [0.4, 0.5) is 0 Å². The van der Waals surface area contributed by atoms with E-state index >= 15 is 0 Å². The molecule has 0 aromatic carbocycles. The molecule has 0 bridgehead atoms. The molecule has 384 valence electrons. The molecular weight excluding hydrogens is 829 g/mol. The number of ether oxygens (including phenoxy) is 3. The average molecular weight is 933 g/mol. The molecule has 0 N–H and O–H groups in total. The Bertz CT molecular complexity index is 1300. The minimum Gasteiger partial charge on any atom is -0.462 e. The molecule has 0 saturated carbocycles. The zero-order valence-corrected chi connectivity index (χ0v) is 43.9. The molecular formula is C61H104O6. The molecule has 67 heavy (non-hydrogen) atoms. The topological polar surface area (TPSA) is 78.9 Å². The van der Waals surface area contributed by atoms with Gasteiger partial charge in [-0.2, -0.15) is 0 Å². The number of hydrogen-bond acceptors (Lipinski definition) is 6. The third-order valence-corrected chi connectivity index (χ3v) is 11.8. The van der Waals surface area contributed by atoms with Crippen LogP contribution in [0.25, 0.3) is 0 Å². The first-order chi connectivity index (χ1) is 33.0. The van der Waals surface area contributed by atoms with Gasteiger partial charge in [0, 0.05) is 19.3 Å². The van der Waals surface area contributed by atoms with E-state index < -0.39 is 6.10 Å². The van der Waals surface area contributed by atoms with Gasteiger partial charge in [0.15, 0.2) is 6.10 Å². The Morgan fingerprint density at radius 1 is 0.299 bits per heavy atom. The molecule has 6 nitrogen and oxygen atoms in total. The smallest absolute Gasteiger partial charge is 0.306 e. The Labute approximate surface area is 414 Å². The summed E-state index contributed by atoms with van der Waals surface area (Å²) < 4.78 is 16.8. The van der Waals surface area contributed by atoms with Crippen molar-refractivity contribution in [3.8, 4) is 0 Å². The summed E-state index contributed by atoms with van der Waals surface area (Å²) >= 11 is 0. The van der Waals surface area contributed by atoms with Gasteiger partial charge >= 0.3 is 17.9 Å². The van der Waals surface area contributed by atoms with Crippen LogP contribution in [0.2, 0.25) is 0 Å². The summed E-state index contributed by atoms with van der Waals surface area (Å²) in [6, 6.07) is 0. The molecule has 6 heteroatoms. The molecule has 0 aliphatic carbocycles. The van der Waals surface area contributed by atoms with E-state index in [0.29, 0.717) is 12.8 Å². The Morgan fingerprint density at radius 3 is 0.896 bits per heavy atom. The summed E-state index contributed by atoms with van der Waals surface area (Å²) in [5.41, 5.74) is 0. The predicted octanol–water partition coefficient (Wildman–Crippen LogP) is 18.8. The van der Waals surface area contributed by atoms with Crippen LogP contribution in [0.15, 0.2) is 85.1 Å². The Morgan fingerprint density at radius 2 is 0.537 bits per heavy atom. The van der Waals surface area contributed by atoms with Gasteiger partial charge in [0.1, 0.15) is 13.2 Å². The van der Waals surface area contributed by atoms with Gasteiger partial charge in [-0.25, -0.2) is 0 Å². The van der Waals surface area contributed by atoms with Gasteiger partial charge in [-0.1, -0.05) is 209 Å². The van der Waals surface area contributed by atoms with Gasteiger partial charge in [-0.3, -0.25) is 14.4 Å². The number of allylic oxidation sites excluding steroid dienone is 14. The Kier molecular flexibility index (Phi) is 52.4. The summed E-state index contributed by atoms with van der Waals surface area (Å²) in [4.78, 5) is 38.1. The maximum atomic E-state index is 12.8. The highest BCUT2D eigenvalue weighted by Gasteiger charge is 2.19. The first-order valence-corrected chi connectivity index (χ1v) is 28.1. The Balaban J connectivity index is 4.49. The van der Waals surface area contributed by atoms with E-state index in [-0.39, 0.29) is 37.5 Å². The van der Waals surface area contributed by atoms with Crippen LogP contribution in [0.3, 0.4) is 0 Å². The number of carbonyl (C=O) groups is 3. The lowest BCUT2D eigenvalue weighted by Crippen LogP contribution is -2.30. The minimum absolute atomic E-state index is 0.0985. The van der Waals surface area contributed by atoms with E-state index in [0.717, 1.165) is 116 Å². The van der Waals surface area contributed by atoms with E-state index in [1.54, 1.807) is 0 Å². The summed E-state index contributed by atoms with van der Waals surface area (Å²) in [7, 11) is 0. The fraction of sp³-hybridized carbons (Fsp3) is 0.721. The van der Waals surface area contributed by atoms with Crippen LogP contribution >= 0.6 is 0 Å². The lowest BCUT2D eigenvalue weighted by atomic mass is 10.1. The van der Waals surface area contributed by atoms with Crippen molar-refractivity contribution in [1.29, 1.82) is 0 Å². The third kappa shape index (κ3) is 53.4. The molecule has 1 atom stereocenters. The predicted molar refractivity (Wildman–Crippen MR) is 288 cm³/mol. The van der Waals surface area contributed by atoms with Gasteiger partial charge in [0.25, 0.3) is 0 Å². The largest absolute Gasteiger partial charge is 0.462 e. The van der Waals surface area contributed by atoms with Crippen LogP contribution in [-0.4, -0.2) is 37.2 Å². The van der Waals surface area contributed by atoms with Crippen LogP contribution in [0, 0.1) is 0 Å². The number of esters is 3. The van der Waals surface area contributed by atoms with Crippen molar-refractivity contribution in [2.75, 3.05) is 13.2 Å². The summed E-state index contributed by atoms with van der Waals surface area (Å²) in [5.74, 6) is -0.948. The van der Waals surface area contributed by atoms with Crippen molar-refractivity contribution in [3.05, 3.63) is 85.1 Å². The van der Waals surface area contributed by atoms with Crippen molar-refractivity contribution in [1.82, 2.24) is 0 Å². The fourth-order valence-corrected chi connectivity index (χ4v) is 7.57. The average Bonchev–Trinajstić information content (AvgIpc) is 3.33. The third-order valence-electron chi connectivity index (χ3n) is 11.8. The van der Waals surface area contributed by atoms with Gasteiger partial charge in [0.05, 0.1) is 0 Å². The van der Waals surface area contributed by atoms with Crippen LogP contribution < -0.4 is 0 Å². The van der Waals surface area contributed by atoms with Gasteiger partial charge in [-0.15, -0.1) is 0 Å². The normalized spacial score (nSPS) is 12.7. The lowest BCUT2D eigenvalue weighted by Gasteiger charge is -2.18. The Hall–Kier alpha value is -3.41. The summed E-state index contributed by atoms with van der Waals surface area (Å²) in [6.45, 7) is 6.54. The zero-order chi connectivity index (χ0) is 48.6. The first-order valence-electron chi connectivity index (χ1n) is 28.1. The molecule has 0 amide bonds. The highest BCUT2D eigenvalue weighted by Crippen LogP contribution is 2.13. The number of rotatable bonds is 50. The molecule has 0 aromatic heterocycles. The zero-order valence-electron chi connectivity index (χ0n) is 43.9. The van der Waals surface area contributed by atoms with Crippen molar-refractivity contribution in [3.63, 3.8) is 0 Å². The van der Waals surface area contributed by atoms with Gasteiger partial charge in [-0.05, 0) is 122 Å². The molecule has 0 radical (unpaired) electrons. The highest BCUT2D eigenvalue weighted by molar-refractivity contribution is 5.71. The quantitative estimate of drug-likeness (QED) is 0.0262. The van der Waals surface area contributed by atoms with Crippen molar-refractivity contribution in [2.45, 2.75) is 271 Å². The van der Waals surface area contributed by atoms with Crippen LogP contribution in [0.5, 0.6) is 0 Å². The molecule has 0 spiro atoms. The second-order valence-corrected chi connectivity index (χ2v) is 18.5. The van der Waals surface area contributed by atoms with Crippen LogP contribution in [0.1, 0.15) is 265 Å². The van der Waals surface area contributed by atoms with E-state index in [1.165, 1.54) is 109 Å². The summed E-state index contributed by atoms with van der Waals surface area (Å²) in [6.07, 6.45) is 71.3. The van der Waals surface area contributed by atoms with Gasteiger partial charge < -0.3 is 14.2 Å². The van der Waals surface area contributed by atoms with Crippen molar-refractivity contribution < 1.29 is 28.6 Å². The molecule has 0 rings (SSSR count).